The predicted octanol–water partition coefficient (Wildman–Crippen LogP) is 3.13. The first-order valence-electron chi connectivity index (χ1n) is 9.24. The van der Waals surface area contributed by atoms with Gasteiger partial charge in [0.25, 0.3) is 11.5 Å². The van der Waals surface area contributed by atoms with Crippen molar-refractivity contribution in [1.29, 1.82) is 0 Å². The number of benzene rings is 2. The van der Waals surface area contributed by atoms with Crippen LogP contribution in [0.3, 0.4) is 0 Å². The molecule has 4 rings (SSSR count). The van der Waals surface area contributed by atoms with Crippen molar-refractivity contribution >= 4 is 17.3 Å². The molecule has 28 heavy (non-hydrogen) atoms. The van der Waals surface area contributed by atoms with Crippen molar-refractivity contribution < 1.29 is 9.53 Å². The Labute approximate surface area is 162 Å². The summed E-state index contributed by atoms with van der Waals surface area (Å²) in [6.45, 7) is 2.82. The van der Waals surface area contributed by atoms with Crippen molar-refractivity contribution in [2.24, 2.45) is 0 Å². The average molecular weight is 375 g/mol. The largest absolute Gasteiger partial charge is 0.378 e. The van der Waals surface area contributed by atoms with Crippen LogP contribution in [-0.2, 0) is 4.74 Å². The molecule has 0 radical (unpaired) electrons. The number of morpholine rings is 1. The summed E-state index contributed by atoms with van der Waals surface area (Å²) in [5.41, 5.74) is 2.71. The lowest BCUT2D eigenvalue weighted by atomic mass is 10.0. The van der Waals surface area contributed by atoms with Gasteiger partial charge in [-0.25, -0.2) is 0 Å². The van der Waals surface area contributed by atoms with E-state index in [1.807, 2.05) is 54.6 Å². The van der Waals surface area contributed by atoms with Gasteiger partial charge < -0.3 is 19.9 Å². The van der Waals surface area contributed by atoms with Crippen LogP contribution in [0.4, 0.5) is 11.4 Å². The van der Waals surface area contributed by atoms with Gasteiger partial charge in [0.1, 0.15) is 5.56 Å². The first-order valence-corrected chi connectivity index (χ1v) is 9.24. The lowest BCUT2D eigenvalue weighted by molar-refractivity contribution is 0.102. The Balaban J connectivity index is 1.68. The Hall–Kier alpha value is -3.38. The van der Waals surface area contributed by atoms with Gasteiger partial charge in [-0.15, -0.1) is 0 Å². The van der Waals surface area contributed by atoms with E-state index in [4.69, 9.17) is 4.74 Å². The standard InChI is InChI=1S/C22H21N3O3/c26-21-20(17(10-11-23-21)16-6-2-1-3-7-16)22(27)24-18-8-4-5-9-19(18)25-12-14-28-15-13-25/h1-11H,12-15H2,(H,23,26)(H,24,27). The second-order valence-electron chi connectivity index (χ2n) is 6.53. The molecule has 1 fully saturated rings. The molecule has 2 heterocycles. The van der Waals surface area contributed by atoms with Crippen LogP contribution in [-0.4, -0.2) is 37.2 Å². The lowest BCUT2D eigenvalue weighted by Crippen LogP contribution is -2.37. The maximum absolute atomic E-state index is 13.1. The highest BCUT2D eigenvalue weighted by atomic mass is 16.5. The third-order valence-corrected chi connectivity index (χ3v) is 4.78. The topological polar surface area (TPSA) is 74.4 Å². The van der Waals surface area contributed by atoms with Crippen molar-refractivity contribution in [2.75, 3.05) is 36.5 Å². The van der Waals surface area contributed by atoms with E-state index < -0.39 is 11.5 Å². The number of anilines is 2. The maximum Gasteiger partial charge on any atom is 0.261 e. The number of rotatable bonds is 4. The summed E-state index contributed by atoms with van der Waals surface area (Å²) in [6, 6.07) is 18.8. The molecular weight excluding hydrogens is 354 g/mol. The number of aromatic amines is 1. The van der Waals surface area contributed by atoms with Gasteiger partial charge in [-0.2, -0.15) is 0 Å². The van der Waals surface area contributed by atoms with Crippen molar-refractivity contribution in [3.63, 3.8) is 0 Å². The van der Waals surface area contributed by atoms with Crippen molar-refractivity contribution in [1.82, 2.24) is 4.98 Å². The number of amides is 1. The smallest absolute Gasteiger partial charge is 0.261 e. The first kappa shape index (κ1) is 18.0. The van der Waals surface area contributed by atoms with E-state index in [1.54, 1.807) is 12.3 Å². The minimum absolute atomic E-state index is 0.102. The highest BCUT2D eigenvalue weighted by molar-refractivity contribution is 6.09. The maximum atomic E-state index is 13.1. The number of hydrogen-bond donors (Lipinski definition) is 2. The minimum Gasteiger partial charge on any atom is -0.378 e. The third-order valence-electron chi connectivity index (χ3n) is 4.78. The molecule has 2 N–H and O–H groups in total. The number of nitrogens with zero attached hydrogens (tertiary/aromatic N) is 1. The fourth-order valence-electron chi connectivity index (χ4n) is 3.41. The zero-order valence-electron chi connectivity index (χ0n) is 15.4. The molecule has 1 amide bonds. The van der Waals surface area contributed by atoms with Crippen LogP contribution in [0.15, 0.2) is 71.7 Å². The van der Waals surface area contributed by atoms with Gasteiger partial charge in [0.05, 0.1) is 24.6 Å². The Morgan fingerprint density at radius 3 is 2.46 bits per heavy atom. The van der Waals surface area contributed by atoms with E-state index in [0.717, 1.165) is 24.3 Å². The van der Waals surface area contributed by atoms with Gasteiger partial charge in [-0.1, -0.05) is 42.5 Å². The summed E-state index contributed by atoms with van der Waals surface area (Å²) in [5.74, 6) is -0.429. The van der Waals surface area contributed by atoms with Crippen molar-refractivity contribution in [3.05, 3.63) is 82.8 Å². The van der Waals surface area contributed by atoms with Crippen LogP contribution in [0.5, 0.6) is 0 Å². The number of H-pyrrole nitrogens is 1. The molecule has 1 aliphatic heterocycles. The molecule has 6 nitrogen and oxygen atoms in total. The van der Waals surface area contributed by atoms with Gasteiger partial charge in [-0.3, -0.25) is 9.59 Å². The summed E-state index contributed by atoms with van der Waals surface area (Å²) >= 11 is 0. The summed E-state index contributed by atoms with van der Waals surface area (Å²) < 4.78 is 5.42. The molecule has 1 aliphatic rings. The Morgan fingerprint density at radius 2 is 1.68 bits per heavy atom. The second-order valence-corrected chi connectivity index (χ2v) is 6.53. The number of carbonyl (C=O) groups is 1. The van der Waals surface area contributed by atoms with Crippen LogP contribution in [0.1, 0.15) is 10.4 Å². The van der Waals surface area contributed by atoms with Gasteiger partial charge in [0.15, 0.2) is 0 Å². The SMILES string of the molecule is O=C(Nc1ccccc1N1CCOCC1)c1c(-c2ccccc2)cc[nH]c1=O. The van der Waals surface area contributed by atoms with Gasteiger partial charge in [0.2, 0.25) is 0 Å². The number of nitrogens with one attached hydrogen (secondary N) is 2. The van der Waals surface area contributed by atoms with Crippen LogP contribution < -0.4 is 15.8 Å². The van der Waals surface area contributed by atoms with Gasteiger partial charge in [-0.05, 0) is 23.8 Å². The van der Waals surface area contributed by atoms with Crippen LogP contribution in [0.2, 0.25) is 0 Å². The molecule has 2 aromatic carbocycles. The molecule has 142 valence electrons. The van der Waals surface area contributed by atoms with Gasteiger partial charge in [0, 0.05) is 24.8 Å². The van der Waals surface area contributed by atoms with E-state index in [0.29, 0.717) is 24.5 Å². The Bertz CT molecular complexity index is 1020. The van der Waals surface area contributed by atoms with E-state index in [9.17, 15) is 9.59 Å². The number of aromatic nitrogens is 1. The predicted molar refractivity (Wildman–Crippen MR) is 110 cm³/mol. The zero-order chi connectivity index (χ0) is 19.3. The van der Waals surface area contributed by atoms with E-state index in [-0.39, 0.29) is 5.56 Å². The van der Waals surface area contributed by atoms with E-state index in [1.165, 1.54) is 0 Å². The zero-order valence-corrected chi connectivity index (χ0v) is 15.4. The molecule has 1 aromatic heterocycles. The molecule has 3 aromatic rings. The highest BCUT2D eigenvalue weighted by Crippen LogP contribution is 2.28. The first-order chi connectivity index (χ1) is 13.7. The fourth-order valence-corrected chi connectivity index (χ4v) is 3.41. The van der Waals surface area contributed by atoms with E-state index >= 15 is 0 Å². The van der Waals surface area contributed by atoms with Crippen LogP contribution in [0.25, 0.3) is 11.1 Å². The number of hydrogen-bond acceptors (Lipinski definition) is 4. The van der Waals surface area contributed by atoms with E-state index in [2.05, 4.69) is 15.2 Å². The van der Waals surface area contributed by atoms with Gasteiger partial charge >= 0.3 is 0 Å². The number of ether oxygens (including phenoxy) is 1. The molecule has 0 saturated carbocycles. The normalized spacial score (nSPS) is 13.9. The third kappa shape index (κ3) is 3.68. The molecule has 0 aliphatic carbocycles. The summed E-state index contributed by atoms with van der Waals surface area (Å²) in [5, 5.41) is 2.93. The highest BCUT2D eigenvalue weighted by Gasteiger charge is 2.20. The molecule has 0 bridgehead atoms. The monoisotopic (exact) mass is 375 g/mol. The van der Waals surface area contributed by atoms with Crippen molar-refractivity contribution in [2.45, 2.75) is 0 Å². The van der Waals surface area contributed by atoms with Crippen LogP contribution >= 0.6 is 0 Å². The molecule has 0 unspecified atom stereocenters. The molecule has 0 spiro atoms. The summed E-state index contributed by atoms with van der Waals surface area (Å²) in [6.07, 6.45) is 1.56. The van der Waals surface area contributed by atoms with Crippen molar-refractivity contribution in [3.8, 4) is 11.1 Å². The average Bonchev–Trinajstić information content (AvgIpc) is 2.75. The second kappa shape index (κ2) is 8.10. The Morgan fingerprint density at radius 1 is 0.964 bits per heavy atom. The fraction of sp³-hybridized carbons (Fsp3) is 0.182. The molecule has 1 saturated heterocycles. The Kier molecular flexibility index (Phi) is 5.21. The molecule has 0 atom stereocenters. The number of para-hydroxylation sites is 2. The van der Waals surface area contributed by atoms with Crippen LogP contribution in [0, 0.1) is 0 Å². The molecular formula is C22H21N3O3. The lowest BCUT2D eigenvalue weighted by Gasteiger charge is -2.30. The summed E-state index contributed by atoms with van der Waals surface area (Å²) in [4.78, 5) is 30.4. The molecule has 6 heteroatoms. The minimum atomic E-state index is -0.429. The quantitative estimate of drug-likeness (QED) is 0.735. The summed E-state index contributed by atoms with van der Waals surface area (Å²) in [7, 11) is 0. The number of pyridine rings is 1. The number of carbonyl (C=O) groups excluding carboxylic acids is 1.